The van der Waals surface area contributed by atoms with E-state index < -0.39 is 0 Å². The van der Waals surface area contributed by atoms with Crippen LogP contribution in [0.5, 0.6) is 0 Å². The SMILES string of the molecule is Cc1csc2c(-n3nc(Nc4cnc5c(c4)CC(N)CC5)nc3N)nc(Cl)nc12. The van der Waals surface area contributed by atoms with E-state index in [4.69, 9.17) is 23.1 Å². The molecule has 1 aliphatic carbocycles. The molecule has 4 aromatic heterocycles. The van der Waals surface area contributed by atoms with Gasteiger partial charge in [0.05, 0.1) is 22.1 Å². The standard InChI is InChI=1S/C18H18ClN9S/c1-8-7-29-14-13(8)24-16(19)25-15(14)28-17(21)26-18(27-28)23-11-5-9-4-10(20)2-3-12(9)22-6-11/h5-7,10H,2-4,20H2,1H3,(H3,21,23,26,27). The first kappa shape index (κ1) is 18.2. The van der Waals surface area contributed by atoms with E-state index in [1.165, 1.54) is 16.0 Å². The van der Waals surface area contributed by atoms with Crippen LogP contribution in [-0.2, 0) is 12.8 Å². The Morgan fingerprint density at radius 3 is 3.03 bits per heavy atom. The molecule has 0 fully saturated rings. The highest BCUT2D eigenvalue weighted by Crippen LogP contribution is 2.31. The summed E-state index contributed by atoms with van der Waals surface area (Å²) in [4.78, 5) is 17.5. The van der Waals surface area contributed by atoms with Gasteiger partial charge in [-0.1, -0.05) is 0 Å². The second-order valence-corrected chi connectivity index (χ2v) is 8.29. The van der Waals surface area contributed by atoms with E-state index in [-0.39, 0.29) is 17.3 Å². The topological polar surface area (TPSA) is 133 Å². The molecule has 11 heteroatoms. The molecule has 0 saturated heterocycles. The van der Waals surface area contributed by atoms with Gasteiger partial charge in [-0.25, -0.2) is 4.98 Å². The Morgan fingerprint density at radius 1 is 1.31 bits per heavy atom. The van der Waals surface area contributed by atoms with Crippen LogP contribution in [0.3, 0.4) is 0 Å². The van der Waals surface area contributed by atoms with E-state index in [0.717, 1.165) is 52.0 Å². The maximum absolute atomic E-state index is 6.12. The number of hydrogen-bond donors (Lipinski definition) is 3. The van der Waals surface area contributed by atoms with Gasteiger partial charge in [0.25, 0.3) is 0 Å². The van der Waals surface area contributed by atoms with Crippen LogP contribution in [0.15, 0.2) is 17.6 Å². The zero-order valence-corrected chi connectivity index (χ0v) is 17.1. The first-order chi connectivity index (χ1) is 14.0. The molecule has 5 N–H and O–H groups in total. The third kappa shape index (κ3) is 3.28. The molecule has 0 bridgehead atoms. The summed E-state index contributed by atoms with van der Waals surface area (Å²) in [7, 11) is 0. The Labute approximate surface area is 175 Å². The fraction of sp³-hybridized carbons (Fsp3) is 0.278. The first-order valence-electron chi connectivity index (χ1n) is 9.12. The quantitative estimate of drug-likeness (QED) is 0.425. The highest BCUT2D eigenvalue weighted by Gasteiger charge is 2.19. The van der Waals surface area contributed by atoms with Crippen LogP contribution in [0.25, 0.3) is 16.0 Å². The summed E-state index contributed by atoms with van der Waals surface area (Å²) in [5.74, 6) is 1.05. The lowest BCUT2D eigenvalue weighted by atomic mass is 9.92. The largest absolute Gasteiger partial charge is 0.368 e. The molecular weight excluding hydrogens is 410 g/mol. The predicted octanol–water partition coefficient (Wildman–Crippen LogP) is 2.77. The molecule has 4 aromatic rings. The summed E-state index contributed by atoms with van der Waals surface area (Å²) >= 11 is 7.63. The summed E-state index contributed by atoms with van der Waals surface area (Å²) in [6, 6.07) is 2.22. The van der Waals surface area contributed by atoms with Crippen molar-refractivity contribution in [1.29, 1.82) is 0 Å². The number of aryl methyl sites for hydroxylation is 2. The summed E-state index contributed by atoms with van der Waals surface area (Å²) in [6.45, 7) is 1.97. The average molecular weight is 428 g/mol. The second-order valence-electron chi connectivity index (χ2n) is 7.08. The number of nitrogen functional groups attached to an aromatic ring is 1. The number of pyridine rings is 1. The Bertz CT molecular complexity index is 1230. The van der Waals surface area contributed by atoms with E-state index in [1.807, 2.05) is 18.4 Å². The van der Waals surface area contributed by atoms with Crippen molar-refractivity contribution in [3.8, 4) is 5.82 Å². The molecule has 0 amide bonds. The number of halogens is 1. The van der Waals surface area contributed by atoms with Crippen LogP contribution < -0.4 is 16.8 Å². The molecule has 1 aliphatic rings. The predicted molar refractivity (Wildman–Crippen MR) is 114 cm³/mol. The first-order valence-corrected chi connectivity index (χ1v) is 10.4. The lowest BCUT2D eigenvalue weighted by Crippen LogP contribution is -2.28. The number of fused-ring (bicyclic) bond motifs is 2. The average Bonchev–Trinajstić information content (AvgIpc) is 3.23. The highest BCUT2D eigenvalue weighted by molar-refractivity contribution is 7.17. The molecule has 148 valence electrons. The third-order valence-corrected chi connectivity index (χ3v) is 6.18. The van der Waals surface area contributed by atoms with Crippen molar-refractivity contribution in [3.63, 3.8) is 0 Å². The number of nitrogens with two attached hydrogens (primary N) is 2. The summed E-state index contributed by atoms with van der Waals surface area (Å²) in [5.41, 5.74) is 17.0. The van der Waals surface area contributed by atoms with Crippen LogP contribution >= 0.6 is 22.9 Å². The van der Waals surface area contributed by atoms with E-state index in [0.29, 0.717) is 11.8 Å². The molecule has 1 atom stereocenters. The minimum Gasteiger partial charge on any atom is -0.368 e. The van der Waals surface area contributed by atoms with Crippen LogP contribution in [-0.4, -0.2) is 35.8 Å². The molecule has 0 radical (unpaired) electrons. The normalized spacial score (nSPS) is 16.2. The van der Waals surface area contributed by atoms with Gasteiger partial charge in [-0.3, -0.25) is 4.98 Å². The van der Waals surface area contributed by atoms with Crippen molar-refractivity contribution in [2.24, 2.45) is 5.73 Å². The molecule has 29 heavy (non-hydrogen) atoms. The minimum absolute atomic E-state index is 0.133. The third-order valence-electron chi connectivity index (χ3n) is 4.93. The van der Waals surface area contributed by atoms with Crippen molar-refractivity contribution in [1.82, 2.24) is 29.7 Å². The van der Waals surface area contributed by atoms with Gasteiger partial charge in [0.1, 0.15) is 0 Å². The summed E-state index contributed by atoms with van der Waals surface area (Å²) in [5, 5.41) is 9.77. The van der Waals surface area contributed by atoms with Crippen LogP contribution in [0.2, 0.25) is 5.28 Å². The van der Waals surface area contributed by atoms with E-state index in [9.17, 15) is 0 Å². The maximum Gasteiger partial charge on any atom is 0.248 e. The number of rotatable bonds is 3. The molecular formula is C18H18ClN9S. The lowest BCUT2D eigenvalue weighted by Gasteiger charge is -2.20. The Hall–Kier alpha value is -2.82. The molecule has 4 heterocycles. The number of anilines is 3. The van der Waals surface area contributed by atoms with Gasteiger partial charge in [-0.05, 0) is 60.4 Å². The van der Waals surface area contributed by atoms with Gasteiger partial charge in [0.15, 0.2) is 5.82 Å². The monoisotopic (exact) mass is 427 g/mol. The van der Waals surface area contributed by atoms with Crippen molar-refractivity contribution < 1.29 is 0 Å². The van der Waals surface area contributed by atoms with Gasteiger partial charge < -0.3 is 16.8 Å². The van der Waals surface area contributed by atoms with Gasteiger partial charge in [-0.2, -0.15) is 14.6 Å². The number of aromatic nitrogens is 6. The van der Waals surface area contributed by atoms with Gasteiger partial charge in [0, 0.05) is 11.7 Å². The number of nitrogens with zero attached hydrogens (tertiary/aromatic N) is 6. The van der Waals surface area contributed by atoms with Crippen molar-refractivity contribution in [3.05, 3.63) is 39.7 Å². The highest BCUT2D eigenvalue weighted by atomic mass is 35.5. The fourth-order valence-electron chi connectivity index (χ4n) is 3.51. The van der Waals surface area contributed by atoms with E-state index >= 15 is 0 Å². The molecule has 0 saturated carbocycles. The Balaban J connectivity index is 1.50. The Kier molecular flexibility index (Phi) is 4.34. The van der Waals surface area contributed by atoms with E-state index in [1.54, 1.807) is 6.20 Å². The zero-order valence-electron chi connectivity index (χ0n) is 15.6. The van der Waals surface area contributed by atoms with Crippen molar-refractivity contribution >= 4 is 50.7 Å². The molecule has 0 spiro atoms. The summed E-state index contributed by atoms with van der Waals surface area (Å²) in [6.07, 6.45) is 4.46. The summed E-state index contributed by atoms with van der Waals surface area (Å²) < 4.78 is 2.31. The minimum atomic E-state index is 0.133. The molecule has 5 rings (SSSR count). The maximum atomic E-state index is 6.12. The van der Waals surface area contributed by atoms with Gasteiger partial charge in [-0.15, -0.1) is 16.4 Å². The molecule has 9 nitrogen and oxygen atoms in total. The lowest BCUT2D eigenvalue weighted by molar-refractivity contribution is 0.567. The number of hydrogen-bond acceptors (Lipinski definition) is 9. The van der Waals surface area contributed by atoms with Gasteiger partial charge >= 0.3 is 0 Å². The number of thiophene rings is 1. The van der Waals surface area contributed by atoms with Crippen molar-refractivity contribution in [2.75, 3.05) is 11.1 Å². The molecule has 1 unspecified atom stereocenters. The van der Waals surface area contributed by atoms with Crippen molar-refractivity contribution in [2.45, 2.75) is 32.2 Å². The van der Waals surface area contributed by atoms with E-state index in [2.05, 4.69) is 30.4 Å². The van der Waals surface area contributed by atoms with Crippen LogP contribution in [0.4, 0.5) is 17.6 Å². The second kappa shape index (κ2) is 6.90. The number of nitrogens with one attached hydrogen (secondary N) is 1. The smallest absolute Gasteiger partial charge is 0.248 e. The fourth-order valence-corrected chi connectivity index (χ4v) is 4.64. The van der Waals surface area contributed by atoms with Crippen LogP contribution in [0.1, 0.15) is 23.2 Å². The Morgan fingerprint density at radius 2 is 2.17 bits per heavy atom. The zero-order chi connectivity index (χ0) is 20.1. The molecule has 0 aromatic carbocycles. The van der Waals surface area contributed by atoms with Gasteiger partial charge in [0.2, 0.25) is 17.2 Å². The van der Waals surface area contributed by atoms with Crippen LogP contribution in [0, 0.1) is 6.92 Å². The molecule has 0 aliphatic heterocycles.